The number of rotatable bonds is 5. The van der Waals surface area contributed by atoms with Gasteiger partial charge in [0.2, 0.25) is 5.91 Å². The fraction of sp³-hybridized carbons (Fsp3) is 0.0588. The van der Waals surface area contributed by atoms with E-state index < -0.39 is 0 Å². The predicted molar refractivity (Wildman–Crippen MR) is 86.4 cm³/mol. The summed E-state index contributed by atoms with van der Waals surface area (Å²) in [6.07, 6.45) is 3.15. The summed E-state index contributed by atoms with van der Waals surface area (Å²) in [6.45, 7) is 0.126. The second-order valence-corrected chi connectivity index (χ2v) is 4.95. The molecular weight excluding hydrogens is 309 g/mol. The van der Waals surface area contributed by atoms with Crippen LogP contribution in [0.3, 0.4) is 0 Å². The zero-order chi connectivity index (χ0) is 16.8. The summed E-state index contributed by atoms with van der Waals surface area (Å²) in [6, 6.07) is 15.4. The van der Waals surface area contributed by atoms with Crippen LogP contribution in [0.1, 0.15) is 11.4 Å². The van der Waals surface area contributed by atoms with Gasteiger partial charge in [-0.1, -0.05) is 36.4 Å². The van der Waals surface area contributed by atoms with Crippen molar-refractivity contribution in [1.29, 1.82) is 0 Å². The Kier molecular flexibility index (Phi) is 4.71. The molecule has 120 valence electrons. The van der Waals surface area contributed by atoms with Crippen LogP contribution in [0.4, 0.5) is 4.39 Å². The number of tetrazole rings is 1. The molecule has 0 aliphatic heterocycles. The maximum Gasteiger partial charge on any atom is 0.244 e. The third kappa shape index (κ3) is 3.89. The molecule has 0 fully saturated rings. The van der Waals surface area contributed by atoms with Crippen LogP contribution < -0.4 is 5.32 Å². The Hall–Kier alpha value is -3.35. The van der Waals surface area contributed by atoms with Gasteiger partial charge in [-0.3, -0.25) is 4.79 Å². The van der Waals surface area contributed by atoms with E-state index in [1.54, 1.807) is 18.2 Å². The van der Waals surface area contributed by atoms with Crippen molar-refractivity contribution in [2.24, 2.45) is 0 Å². The second kappa shape index (κ2) is 7.28. The van der Waals surface area contributed by atoms with Gasteiger partial charge in [0, 0.05) is 6.08 Å². The zero-order valence-corrected chi connectivity index (χ0v) is 12.6. The zero-order valence-electron chi connectivity index (χ0n) is 12.6. The maximum absolute atomic E-state index is 13.3. The van der Waals surface area contributed by atoms with Crippen molar-refractivity contribution in [3.05, 3.63) is 77.9 Å². The van der Waals surface area contributed by atoms with Crippen LogP contribution in [-0.4, -0.2) is 26.1 Å². The molecular formula is C17H14FN5O. The lowest BCUT2D eigenvalue weighted by Gasteiger charge is -2.05. The third-order valence-corrected chi connectivity index (χ3v) is 3.23. The molecule has 1 amide bonds. The monoisotopic (exact) mass is 323 g/mol. The van der Waals surface area contributed by atoms with Gasteiger partial charge in [0.15, 0.2) is 5.82 Å². The Morgan fingerprint density at radius 1 is 1.17 bits per heavy atom. The van der Waals surface area contributed by atoms with Crippen LogP contribution >= 0.6 is 0 Å². The predicted octanol–water partition coefficient (Wildman–Crippen LogP) is 2.13. The molecule has 0 aliphatic rings. The number of carbonyl (C=O) groups is 1. The molecule has 0 radical (unpaired) electrons. The molecule has 7 heteroatoms. The highest BCUT2D eigenvalue weighted by Gasteiger charge is 2.09. The molecule has 0 spiro atoms. The number of nitrogens with zero attached hydrogens (tertiary/aromatic N) is 4. The summed E-state index contributed by atoms with van der Waals surface area (Å²) in [5.41, 5.74) is 1.42. The van der Waals surface area contributed by atoms with Crippen molar-refractivity contribution >= 4 is 12.0 Å². The van der Waals surface area contributed by atoms with Crippen molar-refractivity contribution < 1.29 is 9.18 Å². The number of nitrogens with one attached hydrogen (secondary N) is 1. The molecule has 0 atom stereocenters. The first-order valence-electron chi connectivity index (χ1n) is 7.26. The minimum absolute atomic E-state index is 0.126. The summed E-state index contributed by atoms with van der Waals surface area (Å²) in [7, 11) is 0. The highest BCUT2D eigenvalue weighted by Crippen LogP contribution is 2.09. The topological polar surface area (TPSA) is 72.7 Å². The number of halogens is 1. The van der Waals surface area contributed by atoms with E-state index in [2.05, 4.69) is 20.8 Å². The Bertz CT molecular complexity index is 860. The van der Waals surface area contributed by atoms with Crippen LogP contribution in [0, 0.1) is 5.82 Å². The molecule has 0 unspecified atom stereocenters. The standard InChI is InChI=1S/C17H14FN5O/c18-14-7-4-8-15(11-14)23-16(20-21-22-23)12-19-17(24)10-9-13-5-2-1-3-6-13/h1-11H,12H2,(H,19,24)/b10-9-. The molecule has 1 aromatic heterocycles. The van der Waals surface area contributed by atoms with Gasteiger partial charge in [0.25, 0.3) is 0 Å². The van der Waals surface area contributed by atoms with E-state index in [1.807, 2.05) is 30.3 Å². The molecule has 0 saturated heterocycles. The van der Waals surface area contributed by atoms with E-state index in [4.69, 9.17) is 0 Å². The normalized spacial score (nSPS) is 10.9. The van der Waals surface area contributed by atoms with E-state index in [1.165, 1.54) is 22.9 Å². The quantitative estimate of drug-likeness (QED) is 0.730. The van der Waals surface area contributed by atoms with E-state index in [0.29, 0.717) is 11.5 Å². The molecule has 1 heterocycles. The minimum Gasteiger partial charge on any atom is -0.345 e. The Morgan fingerprint density at radius 2 is 2.00 bits per heavy atom. The molecule has 0 saturated carbocycles. The molecule has 24 heavy (non-hydrogen) atoms. The molecule has 6 nitrogen and oxygen atoms in total. The maximum atomic E-state index is 13.3. The van der Waals surface area contributed by atoms with Crippen molar-refractivity contribution in [3.8, 4) is 5.69 Å². The molecule has 2 aromatic carbocycles. The van der Waals surface area contributed by atoms with Crippen LogP contribution in [-0.2, 0) is 11.3 Å². The van der Waals surface area contributed by atoms with Crippen molar-refractivity contribution in [2.45, 2.75) is 6.54 Å². The SMILES string of the molecule is O=C(/C=C\c1ccccc1)NCc1nnnn1-c1cccc(F)c1. The van der Waals surface area contributed by atoms with Crippen LogP contribution in [0.5, 0.6) is 0 Å². The molecule has 0 aliphatic carbocycles. The van der Waals surface area contributed by atoms with Gasteiger partial charge in [0.05, 0.1) is 12.2 Å². The van der Waals surface area contributed by atoms with E-state index in [9.17, 15) is 9.18 Å². The van der Waals surface area contributed by atoms with Crippen molar-refractivity contribution in [1.82, 2.24) is 25.5 Å². The van der Waals surface area contributed by atoms with Gasteiger partial charge in [-0.05, 0) is 40.3 Å². The first-order chi connectivity index (χ1) is 11.7. The van der Waals surface area contributed by atoms with E-state index in [-0.39, 0.29) is 18.3 Å². The number of amides is 1. The second-order valence-electron chi connectivity index (χ2n) is 4.95. The highest BCUT2D eigenvalue weighted by molar-refractivity contribution is 5.91. The van der Waals surface area contributed by atoms with Crippen molar-refractivity contribution in [2.75, 3.05) is 0 Å². The highest BCUT2D eigenvalue weighted by atomic mass is 19.1. The molecule has 3 aromatic rings. The average Bonchev–Trinajstić information content (AvgIpc) is 3.08. The largest absolute Gasteiger partial charge is 0.345 e. The number of hydrogen-bond donors (Lipinski definition) is 1. The lowest BCUT2D eigenvalue weighted by Crippen LogP contribution is -2.22. The Balaban J connectivity index is 1.64. The third-order valence-electron chi connectivity index (χ3n) is 3.23. The lowest BCUT2D eigenvalue weighted by atomic mass is 10.2. The van der Waals surface area contributed by atoms with Gasteiger partial charge in [-0.15, -0.1) is 5.10 Å². The summed E-state index contributed by atoms with van der Waals surface area (Å²) in [4.78, 5) is 11.9. The van der Waals surface area contributed by atoms with E-state index >= 15 is 0 Å². The number of hydrogen-bond acceptors (Lipinski definition) is 4. The smallest absolute Gasteiger partial charge is 0.244 e. The summed E-state index contributed by atoms with van der Waals surface area (Å²) >= 11 is 0. The summed E-state index contributed by atoms with van der Waals surface area (Å²) in [5, 5.41) is 13.9. The first kappa shape index (κ1) is 15.5. The van der Waals surface area contributed by atoms with Gasteiger partial charge >= 0.3 is 0 Å². The van der Waals surface area contributed by atoms with Gasteiger partial charge in [0.1, 0.15) is 5.82 Å². The van der Waals surface area contributed by atoms with Crippen molar-refractivity contribution in [3.63, 3.8) is 0 Å². The van der Waals surface area contributed by atoms with Gasteiger partial charge in [-0.25, -0.2) is 4.39 Å². The number of carbonyl (C=O) groups excluding carboxylic acids is 1. The fourth-order valence-electron chi connectivity index (χ4n) is 2.09. The van der Waals surface area contributed by atoms with E-state index in [0.717, 1.165) is 5.56 Å². The number of aromatic nitrogens is 4. The number of benzene rings is 2. The molecule has 3 rings (SSSR count). The fourth-order valence-corrected chi connectivity index (χ4v) is 2.09. The molecule has 0 bridgehead atoms. The average molecular weight is 323 g/mol. The van der Waals surface area contributed by atoms with Gasteiger partial charge in [-0.2, -0.15) is 4.68 Å². The Labute approximate surface area is 137 Å². The van der Waals surface area contributed by atoms with Crippen LogP contribution in [0.2, 0.25) is 0 Å². The first-order valence-corrected chi connectivity index (χ1v) is 7.26. The minimum atomic E-state index is -0.385. The van der Waals surface area contributed by atoms with Crippen LogP contribution in [0.15, 0.2) is 60.7 Å². The summed E-state index contributed by atoms with van der Waals surface area (Å²) in [5.74, 6) is -0.251. The lowest BCUT2D eigenvalue weighted by molar-refractivity contribution is -0.116. The van der Waals surface area contributed by atoms with Gasteiger partial charge < -0.3 is 5.32 Å². The van der Waals surface area contributed by atoms with Crippen LogP contribution in [0.25, 0.3) is 11.8 Å². The summed E-state index contributed by atoms with van der Waals surface area (Å²) < 4.78 is 14.7. The molecule has 1 N–H and O–H groups in total. The Morgan fingerprint density at radius 3 is 2.79 bits per heavy atom.